The first kappa shape index (κ1) is 11.9. The molecule has 2 aliphatic heterocycles. The minimum Gasteiger partial charge on any atom is -0.384 e. The topological polar surface area (TPSA) is 47.9 Å². The van der Waals surface area contributed by atoms with Crippen molar-refractivity contribution < 1.29 is 20.7 Å². The van der Waals surface area contributed by atoms with Gasteiger partial charge in [-0.2, -0.15) is 0 Å². The molecular weight excluding hydrogens is 244 g/mol. The van der Waals surface area contributed by atoms with Crippen molar-refractivity contribution in [3.05, 3.63) is 35.9 Å². The predicted octanol–water partition coefficient (Wildman–Crippen LogP) is 1.86. The van der Waals surface area contributed by atoms with Crippen LogP contribution in [0.4, 0.5) is 0 Å². The molecule has 2 aliphatic rings. The quantitative estimate of drug-likeness (QED) is 0.902. The van der Waals surface area contributed by atoms with Gasteiger partial charge in [0.25, 0.3) is 0 Å². The van der Waals surface area contributed by atoms with Gasteiger partial charge in [-0.1, -0.05) is 37.2 Å². The van der Waals surface area contributed by atoms with Crippen LogP contribution in [-0.4, -0.2) is 35.8 Å². The maximum Gasteiger partial charge on any atom is 0.187 e. The van der Waals surface area contributed by atoms with Crippen LogP contribution in [0.2, 0.25) is 0 Å². The summed E-state index contributed by atoms with van der Waals surface area (Å²) in [4.78, 5) is 0. The molecule has 19 heavy (non-hydrogen) atoms. The second-order valence-electron chi connectivity index (χ2n) is 5.23. The number of hydrogen-bond acceptors (Lipinski definition) is 4. The zero-order valence-corrected chi connectivity index (χ0v) is 10.8. The van der Waals surface area contributed by atoms with E-state index in [9.17, 15) is 5.11 Å². The van der Waals surface area contributed by atoms with E-state index in [-0.39, 0.29) is 19.1 Å². The van der Waals surface area contributed by atoms with Crippen LogP contribution in [0.15, 0.2) is 30.3 Å². The minimum atomic E-state index is -1.10. The summed E-state index contributed by atoms with van der Waals surface area (Å²) in [5, 5.41) is 10.6. The third kappa shape index (κ3) is 2.54. The summed E-state index contributed by atoms with van der Waals surface area (Å²) in [6.45, 7) is 1.09. The lowest BCUT2D eigenvalue weighted by molar-refractivity contribution is -0.243. The van der Waals surface area contributed by atoms with Crippen molar-refractivity contribution in [2.24, 2.45) is 0 Å². The summed E-state index contributed by atoms with van der Waals surface area (Å²) < 4.78 is 24.4. The first-order valence-electron chi connectivity index (χ1n) is 7.36. The van der Waals surface area contributed by atoms with Crippen molar-refractivity contribution in [3.63, 3.8) is 0 Å². The summed E-state index contributed by atoms with van der Waals surface area (Å²) in [7, 11) is 0. The smallest absolute Gasteiger partial charge is 0.187 e. The zero-order valence-electron chi connectivity index (χ0n) is 11.8. The fraction of sp³-hybridized carbons (Fsp3) is 0.600. The molecule has 0 aromatic heterocycles. The van der Waals surface area contributed by atoms with Gasteiger partial charge >= 0.3 is 0 Å². The lowest BCUT2D eigenvalue weighted by Gasteiger charge is -2.39. The molecule has 3 rings (SSSR count). The Morgan fingerprint density at radius 1 is 1.47 bits per heavy atom. The molecule has 4 atom stereocenters. The lowest BCUT2D eigenvalue weighted by atomic mass is 9.89. The largest absolute Gasteiger partial charge is 0.384 e. The van der Waals surface area contributed by atoms with Crippen LogP contribution in [0.5, 0.6) is 0 Å². The van der Waals surface area contributed by atoms with Gasteiger partial charge in [-0.25, -0.2) is 0 Å². The maximum absolute atomic E-state index is 10.6. The summed E-state index contributed by atoms with van der Waals surface area (Å²) in [6, 6.07) is 9.93. The van der Waals surface area contributed by atoms with E-state index in [4.69, 9.17) is 15.6 Å². The molecule has 4 heteroatoms. The summed E-state index contributed by atoms with van der Waals surface area (Å²) in [6.07, 6.45) is -0.0986. The Balaban J connectivity index is 1.64. The van der Waals surface area contributed by atoms with Crippen LogP contribution >= 0.6 is 0 Å². The Labute approximate surface area is 114 Å². The van der Waals surface area contributed by atoms with Crippen molar-refractivity contribution in [2.75, 3.05) is 6.61 Å². The van der Waals surface area contributed by atoms with Crippen LogP contribution in [0.1, 0.15) is 26.7 Å². The molecule has 4 nitrogen and oxygen atoms in total. The highest BCUT2D eigenvalue weighted by Crippen LogP contribution is 2.38. The van der Waals surface area contributed by atoms with Crippen LogP contribution in [0.3, 0.4) is 0 Å². The van der Waals surface area contributed by atoms with E-state index in [2.05, 4.69) is 0 Å². The summed E-state index contributed by atoms with van der Waals surface area (Å²) >= 11 is 0. The molecule has 0 radical (unpaired) electrons. The predicted molar refractivity (Wildman–Crippen MR) is 69.5 cm³/mol. The number of ether oxygens (including phenoxy) is 3. The molecule has 1 aromatic rings. The molecule has 0 saturated carbocycles. The van der Waals surface area contributed by atoms with Crippen molar-refractivity contribution >= 4 is 0 Å². The number of fused-ring (bicyclic) bond motifs is 2. The fourth-order valence-electron chi connectivity index (χ4n) is 2.64. The SMILES string of the molecule is [2H]CC[C@@]1(O)C[C@H](OCc2ccccc2)[C@H]2COC1O2. The van der Waals surface area contributed by atoms with E-state index in [1.165, 1.54) is 0 Å². The second-order valence-corrected chi connectivity index (χ2v) is 5.23. The molecule has 1 aromatic carbocycles. The van der Waals surface area contributed by atoms with Gasteiger partial charge in [-0.05, 0) is 12.0 Å². The Hall–Kier alpha value is -0.940. The van der Waals surface area contributed by atoms with Crippen molar-refractivity contribution in [1.29, 1.82) is 0 Å². The molecule has 2 bridgehead atoms. The molecule has 0 spiro atoms. The third-order valence-corrected chi connectivity index (χ3v) is 3.86. The van der Waals surface area contributed by atoms with Crippen LogP contribution in [0, 0.1) is 0 Å². The molecular formula is C15H20O4. The average Bonchev–Trinajstić information content (AvgIpc) is 2.91. The van der Waals surface area contributed by atoms with Gasteiger partial charge in [-0.15, -0.1) is 0 Å². The first-order valence-corrected chi connectivity index (χ1v) is 6.65. The van der Waals surface area contributed by atoms with Gasteiger partial charge in [0.1, 0.15) is 11.7 Å². The molecule has 1 unspecified atom stereocenters. The molecule has 104 valence electrons. The monoisotopic (exact) mass is 265 g/mol. The molecule has 0 aliphatic carbocycles. The van der Waals surface area contributed by atoms with Crippen LogP contribution < -0.4 is 0 Å². The highest BCUT2D eigenvalue weighted by molar-refractivity contribution is 5.13. The van der Waals surface area contributed by atoms with Gasteiger partial charge in [0.2, 0.25) is 0 Å². The van der Waals surface area contributed by atoms with Crippen molar-refractivity contribution in [2.45, 2.75) is 50.4 Å². The normalized spacial score (nSPS) is 38.2. The number of benzene rings is 1. The van der Waals surface area contributed by atoms with Gasteiger partial charge in [0.15, 0.2) is 6.29 Å². The molecule has 0 amide bonds. The van der Waals surface area contributed by atoms with Crippen molar-refractivity contribution in [3.8, 4) is 0 Å². The van der Waals surface area contributed by atoms with Gasteiger partial charge in [0.05, 0.1) is 19.3 Å². The number of aliphatic hydroxyl groups is 1. The second kappa shape index (κ2) is 5.21. The number of rotatable bonds is 4. The van der Waals surface area contributed by atoms with E-state index in [1.54, 1.807) is 0 Å². The Kier molecular flexibility index (Phi) is 3.25. The third-order valence-electron chi connectivity index (χ3n) is 3.86. The minimum absolute atomic E-state index is 0.116. The highest BCUT2D eigenvalue weighted by atomic mass is 16.7. The Morgan fingerprint density at radius 3 is 3.11 bits per heavy atom. The van der Waals surface area contributed by atoms with Crippen LogP contribution in [-0.2, 0) is 20.8 Å². The Bertz CT molecular complexity index is 441. The average molecular weight is 265 g/mol. The summed E-state index contributed by atoms with van der Waals surface area (Å²) in [5.74, 6) is 0. The van der Waals surface area contributed by atoms with Gasteiger partial charge < -0.3 is 19.3 Å². The fourth-order valence-corrected chi connectivity index (χ4v) is 2.64. The lowest BCUT2D eigenvalue weighted by Crippen LogP contribution is -2.52. The van der Waals surface area contributed by atoms with E-state index in [1.807, 2.05) is 30.3 Å². The first-order chi connectivity index (χ1) is 9.71. The van der Waals surface area contributed by atoms with E-state index < -0.39 is 11.9 Å². The van der Waals surface area contributed by atoms with E-state index >= 15 is 0 Å². The van der Waals surface area contributed by atoms with Crippen LogP contribution in [0.25, 0.3) is 0 Å². The Morgan fingerprint density at radius 2 is 2.32 bits per heavy atom. The van der Waals surface area contributed by atoms with E-state index in [0.29, 0.717) is 26.1 Å². The van der Waals surface area contributed by atoms with Gasteiger partial charge in [0, 0.05) is 7.79 Å². The number of hydrogen-bond donors (Lipinski definition) is 1. The standard InChI is InChI=1S/C15H20O4/c1-2-15(16)8-12(13-10-18-14(15)19-13)17-9-11-6-4-3-5-7-11/h3-7,12-14,16H,2,8-10H2,1H3/t12-,13+,14?,15+/m0/s1/i1D. The maximum atomic E-state index is 10.6. The molecule has 2 fully saturated rings. The van der Waals surface area contributed by atoms with Crippen molar-refractivity contribution in [1.82, 2.24) is 0 Å². The molecule has 2 saturated heterocycles. The van der Waals surface area contributed by atoms with E-state index in [0.717, 1.165) is 5.56 Å². The highest BCUT2D eigenvalue weighted by Gasteiger charge is 2.52. The van der Waals surface area contributed by atoms with Gasteiger partial charge in [-0.3, -0.25) is 0 Å². The molecule has 2 heterocycles. The summed E-state index contributed by atoms with van der Waals surface area (Å²) in [5.41, 5.74) is -0.00611. The molecule has 1 N–H and O–H groups in total. The zero-order chi connectivity index (χ0) is 14.0.